The van der Waals surface area contributed by atoms with Crippen molar-refractivity contribution in [1.82, 2.24) is 5.32 Å². The van der Waals surface area contributed by atoms with Crippen LogP contribution in [0, 0.1) is 0 Å². The highest BCUT2D eigenvalue weighted by Gasteiger charge is 2.22. The lowest BCUT2D eigenvalue weighted by Crippen LogP contribution is -2.42. The highest BCUT2D eigenvalue weighted by molar-refractivity contribution is 8.14. The van der Waals surface area contributed by atoms with E-state index < -0.39 is 0 Å². The van der Waals surface area contributed by atoms with E-state index >= 15 is 0 Å². The second kappa shape index (κ2) is 5.79. The van der Waals surface area contributed by atoms with Gasteiger partial charge in [0.05, 0.1) is 6.04 Å². The van der Waals surface area contributed by atoms with Crippen molar-refractivity contribution in [3.63, 3.8) is 0 Å². The molecule has 1 aromatic rings. The summed E-state index contributed by atoms with van der Waals surface area (Å²) in [5.41, 5.74) is 1.51. The van der Waals surface area contributed by atoms with Crippen LogP contribution in [0.1, 0.15) is 32.8 Å². The Hall–Kier alpha value is -0.960. The Morgan fingerprint density at radius 1 is 1.33 bits per heavy atom. The molecule has 2 nitrogen and oxygen atoms in total. The standard InChI is InChI=1S/C15H22N2S/c1-12-11-18-14(16-12)17-15(2,3)10-9-13-7-5-4-6-8-13/h4-8,12H,9-11H2,1-3H3,(H,16,17). The van der Waals surface area contributed by atoms with Gasteiger partial charge in [-0.25, -0.2) is 0 Å². The molecule has 0 radical (unpaired) electrons. The van der Waals surface area contributed by atoms with Crippen LogP contribution in [0.5, 0.6) is 0 Å². The van der Waals surface area contributed by atoms with Crippen LogP contribution >= 0.6 is 11.8 Å². The third kappa shape index (κ3) is 4.05. The second-order valence-electron chi connectivity index (χ2n) is 5.59. The Morgan fingerprint density at radius 2 is 2.06 bits per heavy atom. The highest BCUT2D eigenvalue weighted by Crippen LogP contribution is 2.20. The van der Waals surface area contributed by atoms with E-state index in [0.29, 0.717) is 6.04 Å². The lowest BCUT2D eigenvalue weighted by Gasteiger charge is -2.27. The number of rotatable bonds is 4. The maximum absolute atomic E-state index is 4.60. The predicted octanol–water partition coefficient (Wildman–Crippen LogP) is 3.48. The summed E-state index contributed by atoms with van der Waals surface area (Å²) in [5, 5.41) is 4.68. The first-order valence-electron chi connectivity index (χ1n) is 6.58. The van der Waals surface area contributed by atoms with Gasteiger partial charge in [0.25, 0.3) is 0 Å². The van der Waals surface area contributed by atoms with Gasteiger partial charge in [0.2, 0.25) is 0 Å². The maximum Gasteiger partial charge on any atom is 0.157 e. The zero-order chi connectivity index (χ0) is 13.0. The summed E-state index contributed by atoms with van der Waals surface area (Å²) < 4.78 is 0. The maximum atomic E-state index is 4.60. The minimum Gasteiger partial charge on any atom is -0.360 e. The molecular formula is C15H22N2S. The molecule has 98 valence electrons. The zero-order valence-electron chi connectivity index (χ0n) is 11.4. The zero-order valence-corrected chi connectivity index (χ0v) is 12.3. The van der Waals surface area contributed by atoms with Crippen molar-refractivity contribution in [3.8, 4) is 0 Å². The molecule has 0 aliphatic carbocycles. The Balaban J connectivity index is 1.86. The van der Waals surface area contributed by atoms with Crippen molar-refractivity contribution in [2.24, 2.45) is 4.99 Å². The summed E-state index contributed by atoms with van der Waals surface area (Å²) in [6.07, 6.45) is 2.22. The van der Waals surface area contributed by atoms with E-state index in [-0.39, 0.29) is 5.54 Å². The van der Waals surface area contributed by atoms with Crippen LogP contribution in [0.4, 0.5) is 0 Å². The number of thioether (sulfide) groups is 1. The van der Waals surface area contributed by atoms with Crippen LogP contribution in [0.25, 0.3) is 0 Å². The number of amidine groups is 1. The summed E-state index contributed by atoms with van der Waals surface area (Å²) in [6, 6.07) is 11.1. The molecular weight excluding hydrogens is 240 g/mol. The smallest absolute Gasteiger partial charge is 0.157 e. The molecule has 2 rings (SSSR count). The average Bonchev–Trinajstić information content (AvgIpc) is 2.73. The van der Waals surface area contributed by atoms with Crippen molar-refractivity contribution >= 4 is 16.9 Å². The van der Waals surface area contributed by atoms with Gasteiger partial charge in [0, 0.05) is 11.3 Å². The van der Waals surface area contributed by atoms with Gasteiger partial charge in [0.15, 0.2) is 5.17 Å². The van der Waals surface area contributed by atoms with E-state index in [1.807, 2.05) is 11.8 Å². The second-order valence-corrected chi connectivity index (χ2v) is 6.60. The number of nitrogens with zero attached hydrogens (tertiary/aromatic N) is 1. The third-order valence-corrected chi connectivity index (χ3v) is 4.26. The van der Waals surface area contributed by atoms with Gasteiger partial charge >= 0.3 is 0 Å². The number of hydrogen-bond acceptors (Lipinski definition) is 3. The fourth-order valence-electron chi connectivity index (χ4n) is 2.00. The molecule has 0 amide bonds. The number of aliphatic imine (C=N–C) groups is 1. The normalized spacial score (nSPS) is 19.7. The molecule has 1 aliphatic rings. The van der Waals surface area contributed by atoms with E-state index in [2.05, 4.69) is 61.4 Å². The van der Waals surface area contributed by atoms with Crippen molar-refractivity contribution in [2.75, 3.05) is 5.75 Å². The lowest BCUT2D eigenvalue weighted by molar-refractivity contribution is 0.428. The molecule has 1 unspecified atom stereocenters. The van der Waals surface area contributed by atoms with E-state index in [1.165, 1.54) is 5.56 Å². The molecule has 0 fully saturated rings. The number of aryl methyl sites for hydroxylation is 1. The average molecular weight is 262 g/mol. The summed E-state index contributed by atoms with van der Waals surface area (Å²) in [4.78, 5) is 4.60. The molecule has 0 spiro atoms. The third-order valence-electron chi connectivity index (χ3n) is 3.13. The molecule has 1 heterocycles. The summed E-state index contributed by atoms with van der Waals surface area (Å²) in [7, 11) is 0. The first-order valence-corrected chi connectivity index (χ1v) is 7.56. The molecule has 1 atom stereocenters. The quantitative estimate of drug-likeness (QED) is 0.898. The van der Waals surface area contributed by atoms with Gasteiger partial charge < -0.3 is 5.32 Å². The monoisotopic (exact) mass is 262 g/mol. The van der Waals surface area contributed by atoms with E-state index in [1.54, 1.807) is 0 Å². The molecule has 18 heavy (non-hydrogen) atoms. The molecule has 0 saturated heterocycles. The first-order chi connectivity index (χ1) is 8.55. The fraction of sp³-hybridized carbons (Fsp3) is 0.533. The van der Waals surface area contributed by atoms with Crippen LogP contribution < -0.4 is 5.32 Å². The van der Waals surface area contributed by atoms with E-state index in [0.717, 1.165) is 23.8 Å². The summed E-state index contributed by atoms with van der Waals surface area (Å²) >= 11 is 1.84. The van der Waals surface area contributed by atoms with Crippen LogP contribution in [0.3, 0.4) is 0 Å². The van der Waals surface area contributed by atoms with Crippen LogP contribution in [-0.4, -0.2) is 22.5 Å². The fourth-order valence-corrected chi connectivity index (χ4v) is 3.07. The van der Waals surface area contributed by atoms with Gasteiger partial charge in [-0.05, 0) is 39.2 Å². The summed E-state index contributed by atoms with van der Waals surface area (Å²) in [5.74, 6) is 1.11. The van der Waals surface area contributed by atoms with Gasteiger partial charge in [-0.2, -0.15) is 0 Å². The molecule has 0 bridgehead atoms. The SMILES string of the molecule is CC1CSC(NC(C)(C)CCc2ccccc2)=N1. The van der Waals surface area contributed by atoms with Crippen LogP contribution in [-0.2, 0) is 6.42 Å². The lowest BCUT2D eigenvalue weighted by atomic mass is 9.95. The topological polar surface area (TPSA) is 24.4 Å². The van der Waals surface area contributed by atoms with Crippen molar-refractivity contribution in [3.05, 3.63) is 35.9 Å². The van der Waals surface area contributed by atoms with Crippen LogP contribution in [0.15, 0.2) is 35.3 Å². The predicted molar refractivity (Wildman–Crippen MR) is 81.3 cm³/mol. The Morgan fingerprint density at radius 3 is 2.67 bits per heavy atom. The van der Waals surface area contributed by atoms with E-state index in [4.69, 9.17) is 0 Å². The molecule has 0 saturated carbocycles. The number of hydrogen-bond donors (Lipinski definition) is 1. The highest BCUT2D eigenvalue weighted by atomic mass is 32.2. The minimum atomic E-state index is 0.103. The van der Waals surface area contributed by atoms with Gasteiger partial charge in [-0.1, -0.05) is 42.1 Å². The van der Waals surface area contributed by atoms with Gasteiger partial charge in [0.1, 0.15) is 0 Å². The first kappa shape index (κ1) is 13.5. The Bertz CT molecular complexity index is 412. The van der Waals surface area contributed by atoms with Gasteiger partial charge in [-0.15, -0.1) is 0 Å². The largest absolute Gasteiger partial charge is 0.360 e. The van der Waals surface area contributed by atoms with Crippen LogP contribution in [0.2, 0.25) is 0 Å². The van der Waals surface area contributed by atoms with Crippen molar-refractivity contribution < 1.29 is 0 Å². The van der Waals surface area contributed by atoms with E-state index in [9.17, 15) is 0 Å². The summed E-state index contributed by atoms with van der Waals surface area (Å²) in [6.45, 7) is 6.67. The number of benzene rings is 1. The number of nitrogens with one attached hydrogen (secondary N) is 1. The Labute approximate surface area is 114 Å². The molecule has 0 aromatic heterocycles. The molecule has 1 aromatic carbocycles. The minimum absolute atomic E-state index is 0.103. The Kier molecular flexibility index (Phi) is 4.33. The molecule has 1 aliphatic heterocycles. The van der Waals surface area contributed by atoms with Crippen molar-refractivity contribution in [1.29, 1.82) is 0 Å². The molecule has 3 heteroatoms. The molecule has 1 N–H and O–H groups in total. The van der Waals surface area contributed by atoms with Crippen molar-refractivity contribution in [2.45, 2.75) is 45.2 Å². The van der Waals surface area contributed by atoms with Gasteiger partial charge in [-0.3, -0.25) is 4.99 Å².